The normalized spacial score (nSPS) is 13.1. The Morgan fingerprint density at radius 1 is 1.19 bits per heavy atom. The number of rotatable bonds is 6. The van der Waals surface area contributed by atoms with Gasteiger partial charge in [-0.15, -0.1) is 6.58 Å². The fourth-order valence-electron chi connectivity index (χ4n) is 2.73. The summed E-state index contributed by atoms with van der Waals surface area (Å²) < 4.78 is 38.5. The van der Waals surface area contributed by atoms with Gasteiger partial charge in [-0.25, -0.2) is 8.42 Å². The van der Waals surface area contributed by atoms with Crippen LogP contribution >= 0.6 is 0 Å². The summed E-state index contributed by atoms with van der Waals surface area (Å²) in [5, 5.41) is 11.1. The lowest BCUT2D eigenvalue weighted by Crippen LogP contribution is -2.32. The van der Waals surface area contributed by atoms with Gasteiger partial charge in [-0.05, 0) is 24.6 Å². The summed E-state index contributed by atoms with van der Waals surface area (Å²) in [4.78, 5) is 10.5. The molecule has 0 amide bonds. The monoisotopic (exact) mass is 390 g/mol. The lowest BCUT2D eigenvalue weighted by atomic mass is 10.2. The van der Waals surface area contributed by atoms with Crippen LogP contribution in [0, 0.1) is 17.0 Å². The summed E-state index contributed by atoms with van der Waals surface area (Å²) in [6, 6.07) is 8.45. The predicted octanol–water partition coefficient (Wildman–Crippen LogP) is 3.06. The van der Waals surface area contributed by atoms with Gasteiger partial charge in [-0.2, -0.15) is 0 Å². The third kappa shape index (κ3) is 3.59. The van der Waals surface area contributed by atoms with E-state index in [0.717, 1.165) is 4.31 Å². The molecule has 142 valence electrons. The Morgan fingerprint density at radius 3 is 2.56 bits per heavy atom. The van der Waals surface area contributed by atoms with E-state index in [-0.39, 0.29) is 22.8 Å². The fraction of sp³-hybridized carbons (Fsp3) is 0.222. The molecule has 0 saturated heterocycles. The maximum Gasteiger partial charge on any atom is 0.271 e. The van der Waals surface area contributed by atoms with Crippen molar-refractivity contribution in [3.8, 4) is 11.5 Å². The van der Waals surface area contributed by atoms with Crippen molar-refractivity contribution in [2.24, 2.45) is 0 Å². The van der Waals surface area contributed by atoms with E-state index >= 15 is 0 Å². The Labute approximate surface area is 156 Å². The molecule has 9 heteroatoms. The number of fused-ring (bicyclic) bond motifs is 1. The number of hydrogen-bond donors (Lipinski definition) is 0. The molecule has 0 bridgehead atoms. The van der Waals surface area contributed by atoms with Crippen molar-refractivity contribution in [1.82, 2.24) is 0 Å². The molecule has 2 aromatic carbocycles. The Morgan fingerprint density at radius 2 is 1.89 bits per heavy atom. The average molecular weight is 390 g/mol. The number of ether oxygens (including phenoxy) is 2. The molecule has 1 aliphatic rings. The maximum atomic E-state index is 13.3. The second kappa shape index (κ2) is 7.28. The number of nitro benzene ring substituents is 1. The minimum absolute atomic E-state index is 0.000457. The maximum absolute atomic E-state index is 13.3. The largest absolute Gasteiger partial charge is 0.486 e. The summed E-state index contributed by atoms with van der Waals surface area (Å²) in [5.41, 5.74) is 0.615. The molecular weight excluding hydrogens is 372 g/mol. The van der Waals surface area contributed by atoms with Crippen molar-refractivity contribution in [2.75, 3.05) is 24.1 Å². The van der Waals surface area contributed by atoms with E-state index < -0.39 is 14.9 Å². The van der Waals surface area contributed by atoms with Gasteiger partial charge in [0.05, 0.1) is 22.1 Å². The van der Waals surface area contributed by atoms with Crippen LogP contribution in [0.5, 0.6) is 11.5 Å². The quantitative estimate of drug-likeness (QED) is 0.427. The smallest absolute Gasteiger partial charge is 0.271 e. The zero-order valence-corrected chi connectivity index (χ0v) is 15.4. The van der Waals surface area contributed by atoms with E-state index in [1.165, 1.54) is 42.5 Å². The van der Waals surface area contributed by atoms with Gasteiger partial charge in [-0.1, -0.05) is 12.1 Å². The van der Waals surface area contributed by atoms with Crippen LogP contribution in [0.3, 0.4) is 0 Å². The summed E-state index contributed by atoms with van der Waals surface area (Å²) in [5.74, 6) is 0.818. The number of sulfonamides is 1. The first-order valence-corrected chi connectivity index (χ1v) is 9.57. The number of hydrogen-bond acceptors (Lipinski definition) is 6. The molecule has 0 N–H and O–H groups in total. The van der Waals surface area contributed by atoms with Crippen LogP contribution in [-0.4, -0.2) is 33.1 Å². The molecule has 2 aromatic rings. The topological polar surface area (TPSA) is 99.0 Å². The summed E-state index contributed by atoms with van der Waals surface area (Å²) in [6.45, 7) is 5.98. The number of benzene rings is 2. The van der Waals surface area contributed by atoms with Gasteiger partial charge in [-0.3, -0.25) is 14.4 Å². The van der Waals surface area contributed by atoms with Crippen LogP contribution in [0.4, 0.5) is 11.4 Å². The zero-order chi connectivity index (χ0) is 19.6. The molecular formula is C18H18N2O6S. The van der Waals surface area contributed by atoms with Gasteiger partial charge >= 0.3 is 0 Å². The second-order valence-corrected chi connectivity index (χ2v) is 7.72. The standard InChI is InChI=1S/C18H18N2O6S/c1-3-8-19(16-11-14(20(21)22)5-4-13(16)2)27(23,24)15-6-7-17-18(12-15)26-10-9-25-17/h3-7,11-12H,1,8-10H2,2H3. The lowest BCUT2D eigenvalue weighted by molar-refractivity contribution is -0.384. The summed E-state index contributed by atoms with van der Waals surface area (Å²) in [7, 11) is -4.01. The van der Waals surface area contributed by atoms with Gasteiger partial charge in [0.1, 0.15) is 13.2 Å². The van der Waals surface area contributed by atoms with Crippen LogP contribution in [0.25, 0.3) is 0 Å². The van der Waals surface area contributed by atoms with E-state index in [4.69, 9.17) is 9.47 Å². The van der Waals surface area contributed by atoms with E-state index in [1.54, 1.807) is 6.92 Å². The summed E-state index contributed by atoms with van der Waals surface area (Å²) >= 11 is 0. The van der Waals surface area contributed by atoms with Crippen molar-refractivity contribution in [1.29, 1.82) is 0 Å². The highest BCUT2D eigenvalue weighted by Crippen LogP contribution is 2.35. The van der Waals surface area contributed by atoms with Crippen molar-refractivity contribution >= 4 is 21.4 Å². The predicted molar refractivity (Wildman–Crippen MR) is 100.0 cm³/mol. The van der Waals surface area contributed by atoms with Gasteiger partial charge in [0.2, 0.25) is 0 Å². The van der Waals surface area contributed by atoms with Crippen molar-refractivity contribution in [3.05, 3.63) is 64.7 Å². The van der Waals surface area contributed by atoms with Crippen LogP contribution in [0.2, 0.25) is 0 Å². The first-order chi connectivity index (χ1) is 12.8. The molecule has 8 nitrogen and oxygen atoms in total. The minimum atomic E-state index is -4.01. The molecule has 0 unspecified atom stereocenters. The van der Waals surface area contributed by atoms with Gasteiger partial charge in [0, 0.05) is 18.2 Å². The number of nitro groups is 1. The van der Waals surface area contributed by atoms with Crippen LogP contribution in [-0.2, 0) is 10.0 Å². The van der Waals surface area contributed by atoms with Crippen molar-refractivity contribution < 1.29 is 22.8 Å². The Balaban J connectivity index is 2.10. The highest BCUT2D eigenvalue weighted by Gasteiger charge is 2.28. The number of non-ortho nitro benzene ring substituents is 1. The minimum Gasteiger partial charge on any atom is -0.486 e. The first kappa shape index (κ1) is 18.7. The SMILES string of the molecule is C=CCN(c1cc([N+](=O)[O-])ccc1C)S(=O)(=O)c1ccc2c(c1)OCCO2. The average Bonchev–Trinajstić information content (AvgIpc) is 2.66. The third-order valence-electron chi connectivity index (χ3n) is 4.07. The van der Waals surface area contributed by atoms with Crippen LogP contribution < -0.4 is 13.8 Å². The molecule has 0 atom stereocenters. The molecule has 0 aliphatic carbocycles. The van der Waals surface area contributed by atoms with Crippen molar-refractivity contribution in [2.45, 2.75) is 11.8 Å². The first-order valence-electron chi connectivity index (χ1n) is 8.13. The van der Waals surface area contributed by atoms with Gasteiger partial charge in [0.15, 0.2) is 11.5 Å². The lowest BCUT2D eigenvalue weighted by Gasteiger charge is -2.25. The van der Waals surface area contributed by atoms with Crippen LogP contribution in [0.15, 0.2) is 53.9 Å². The third-order valence-corrected chi connectivity index (χ3v) is 5.84. The molecule has 1 heterocycles. The highest BCUT2D eigenvalue weighted by molar-refractivity contribution is 7.92. The van der Waals surface area contributed by atoms with E-state index in [9.17, 15) is 18.5 Å². The fourth-order valence-corrected chi connectivity index (χ4v) is 4.24. The number of anilines is 1. The molecule has 0 aromatic heterocycles. The highest BCUT2D eigenvalue weighted by atomic mass is 32.2. The number of aryl methyl sites for hydroxylation is 1. The van der Waals surface area contributed by atoms with E-state index in [2.05, 4.69) is 6.58 Å². The van der Waals surface area contributed by atoms with Crippen molar-refractivity contribution in [3.63, 3.8) is 0 Å². The Hall–Kier alpha value is -3.07. The Bertz CT molecular complexity index is 1000. The van der Waals surface area contributed by atoms with Crippen LogP contribution in [0.1, 0.15) is 5.56 Å². The Kier molecular flexibility index (Phi) is 5.04. The molecule has 27 heavy (non-hydrogen) atoms. The molecule has 0 saturated carbocycles. The molecule has 3 rings (SSSR count). The van der Waals surface area contributed by atoms with Gasteiger partial charge < -0.3 is 9.47 Å². The van der Waals surface area contributed by atoms with E-state index in [1.807, 2.05) is 0 Å². The second-order valence-electron chi connectivity index (χ2n) is 5.86. The molecule has 1 aliphatic heterocycles. The summed E-state index contributed by atoms with van der Waals surface area (Å²) in [6.07, 6.45) is 1.42. The zero-order valence-electron chi connectivity index (χ0n) is 14.6. The van der Waals surface area contributed by atoms with E-state index in [0.29, 0.717) is 30.3 Å². The number of nitrogens with zero attached hydrogens (tertiary/aromatic N) is 2. The van der Waals surface area contributed by atoms with Gasteiger partial charge in [0.25, 0.3) is 15.7 Å². The molecule has 0 spiro atoms. The molecule has 0 radical (unpaired) electrons. The molecule has 0 fully saturated rings.